The third-order valence-corrected chi connectivity index (χ3v) is 4.98. The fourth-order valence-corrected chi connectivity index (χ4v) is 3.90. The van der Waals surface area contributed by atoms with Gasteiger partial charge in [-0.25, -0.2) is 10.4 Å². The van der Waals surface area contributed by atoms with Crippen LogP contribution in [0.5, 0.6) is 0 Å². The Morgan fingerprint density at radius 2 is 1.76 bits per heavy atom. The van der Waals surface area contributed by atoms with Crippen molar-refractivity contribution in [3.8, 4) is 0 Å². The minimum atomic E-state index is 0.174. The fourth-order valence-electron chi connectivity index (χ4n) is 3.90. The molecule has 0 saturated carbocycles. The van der Waals surface area contributed by atoms with Gasteiger partial charge in [-0.15, -0.1) is 0 Å². The lowest BCUT2D eigenvalue weighted by molar-refractivity contribution is -0.0409. The Balaban J connectivity index is 1.68. The highest BCUT2D eigenvalue weighted by Crippen LogP contribution is 2.35. The van der Waals surface area contributed by atoms with E-state index in [1.165, 1.54) is 58.3 Å². The summed E-state index contributed by atoms with van der Waals surface area (Å²) in [6, 6.07) is 0. The van der Waals surface area contributed by atoms with Crippen LogP contribution in [0.15, 0.2) is 0 Å². The molecule has 0 spiro atoms. The van der Waals surface area contributed by atoms with Gasteiger partial charge in [0.25, 0.3) is 0 Å². The third-order valence-electron chi connectivity index (χ3n) is 4.98. The summed E-state index contributed by atoms with van der Waals surface area (Å²) in [6.07, 6.45) is 6.73. The van der Waals surface area contributed by atoms with Gasteiger partial charge in [0.1, 0.15) is 0 Å². The number of hydrogen-bond acceptors (Lipinski definition) is 4. The number of nitrogens with zero attached hydrogens (tertiary/aromatic N) is 2. The molecule has 0 aliphatic carbocycles. The first kappa shape index (κ1) is 11.9. The molecule has 4 aliphatic rings. The molecular formula is C13H26N4. The highest BCUT2D eigenvalue weighted by atomic mass is 15.5. The molecular weight excluding hydrogens is 212 g/mol. The Kier molecular flexibility index (Phi) is 3.39. The summed E-state index contributed by atoms with van der Waals surface area (Å²) >= 11 is 0. The number of piperidine rings is 4. The van der Waals surface area contributed by atoms with E-state index in [0.29, 0.717) is 0 Å². The fraction of sp³-hybridized carbons (Fsp3) is 1.00. The maximum Gasteiger partial charge on any atom is 0.0603 e. The molecule has 4 heteroatoms. The van der Waals surface area contributed by atoms with Crippen LogP contribution in [0.4, 0.5) is 0 Å². The molecule has 1 atom stereocenters. The highest BCUT2D eigenvalue weighted by molar-refractivity contribution is 5.04. The summed E-state index contributed by atoms with van der Waals surface area (Å²) < 4.78 is 0. The van der Waals surface area contributed by atoms with Crippen molar-refractivity contribution >= 4 is 0 Å². The standard InChI is InChI=1S/C13H26N4/c14-10-13(15-17-6-2-1-3-7-17)11-16-8-4-12(13)5-9-16/h12,15H,1-11,14H2. The van der Waals surface area contributed by atoms with Crippen LogP contribution in [0, 0.1) is 5.92 Å². The molecule has 0 aromatic heterocycles. The summed E-state index contributed by atoms with van der Waals surface area (Å²) in [6.45, 7) is 6.92. The second-order valence-electron chi connectivity index (χ2n) is 6.07. The molecule has 0 aromatic carbocycles. The SMILES string of the molecule is NCC1(NN2CCCCC2)CN2CCC1CC2. The number of rotatable bonds is 3. The molecule has 4 nitrogen and oxygen atoms in total. The van der Waals surface area contributed by atoms with Crippen LogP contribution in [0.1, 0.15) is 32.1 Å². The van der Waals surface area contributed by atoms with Gasteiger partial charge in [-0.2, -0.15) is 0 Å². The smallest absolute Gasteiger partial charge is 0.0603 e. The van der Waals surface area contributed by atoms with Gasteiger partial charge in [0.2, 0.25) is 0 Å². The normalized spacial score (nSPS) is 42.9. The van der Waals surface area contributed by atoms with Crippen molar-refractivity contribution in [2.45, 2.75) is 37.6 Å². The third kappa shape index (κ3) is 2.24. The quantitative estimate of drug-likeness (QED) is 0.747. The Morgan fingerprint density at radius 1 is 1.06 bits per heavy atom. The van der Waals surface area contributed by atoms with E-state index in [2.05, 4.69) is 15.3 Å². The molecule has 4 heterocycles. The van der Waals surface area contributed by atoms with Gasteiger partial charge in [-0.1, -0.05) is 6.42 Å². The molecule has 98 valence electrons. The number of hydrogen-bond donors (Lipinski definition) is 2. The van der Waals surface area contributed by atoms with Gasteiger partial charge < -0.3 is 10.6 Å². The van der Waals surface area contributed by atoms with Crippen molar-refractivity contribution in [1.82, 2.24) is 15.3 Å². The van der Waals surface area contributed by atoms with Gasteiger partial charge in [0, 0.05) is 26.2 Å². The van der Waals surface area contributed by atoms with E-state index >= 15 is 0 Å². The first-order valence-corrected chi connectivity index (χ1v) is 7.28. The predicted octanol–water partition coefficient (Wildman–Crippen LogP) is 0.400. The van der Waals surface area contributed by atoms with Crippen molar-refractivity contribution in [3.05, 3.63) is 0 Å². The lowest BCUT2D eigenvalue weighted by Crippen LogP contribution is -2.72. The Bertz CT molecular complexity index is 256. The number of nitrogens with one attached hydrogen (secondary N) is 1. The molecule has 17 heavy (non-hydrogen) atoms. The van der Waals surface area contributed by atoms with E-state index in [9.17, 15) is 0 Å². The first-order valence-electron chi connectivity index (χ1n) is 7.28. The lowest BCUT2D eigenvalue weighted by atomic mass is 9.73. The van der Waals surface area contributed by atoms with Crippen LogP contribution in [0.2, 0.25) is 0 Å². The lowest BCUT2D eigenvalue weighted by Gasteiger charge is -2.55. The molecule has 3 N–H and O–H groups in total. The largest absolute Gasteiger partial charge is 0.329 e. The molecule has 2 bridgehead atoms. The highest BCUT2D eigenvalue weighted by Gasteiger charge is 2.46. The van der Waals surface area contributed by atoms with Gasteiger partial charge in [0.15, 0.2) is 0 Å². The van der Waals surface area contributed by atoms with E-state index in [1.807, 2.05) is 0 Å². The van der Waals surface area contributed by atoms with E-state index in [-0.39, 0.29) is 5.54 Å². The number of fused-ring (bicyclic) bond motifs is 3. The summed E-state index contributed by atoms with van der Waals surface area (Å²) in [4.78, 5) is 2.59. The van der Waals surface area contributed by atoms with Crippen LogP contribution in [-0.2, 0) is 0 Å². The average molecular weight is 238 g/mol. The summed E-state index contributed by atoms with van der Waals surface area (Å²) in [5, 5.41) is 2.44. The van der Waals surface area contributed by atoms with E-state index in [0.717, 1.165) is 19.0 Å². The van der Waals surface area contributed by atoms with Crippen molar-refractivity contribution < 1.29 is 0 Å². The van der Waals surface area contributed by atoms with Gasteiger partial charge in [0.05, 0.1) is 5.54 Å². The summed E-state index contributed by atoms with van der Waals surface area (Å²) in [5.74, 6) is 0.791. The van der Waals surface area contributed by atoms with Crippen LogP contribution >= 0.6 is 0 Å². The zero-order valence-electron chi connectivity index (χ0n) is 10.8. The van der Waals surface area contributed by atoms with Crippen molar-refractivity contribution in [2.75, 3.05) is 39.3 Å². The zero-order chi connectivity index (χ0) is 11.7. The van der Waals surface area contributed by atoms with Crippen molar-refractivity contribution in [2.24, 2.45) is 11.7 Å². The first-order chi connectivity index (χ1) is 8.32. The molecule has 4 saturated heterocycles. The number of hydrazine groups is 1. The van der Waals surface area contributed by atoms with Gasteiger partial charge in [-0.3, -0.25) is 0 Å². The minimum absolute atomic E-state index is 0.174. The van der Waals surface area contributed by atoms with E-state index < -0.39 is 0 Å². The minimum Gasteiger partial charge on any atom is -0.329 e. The second kappa shape index (κ2) is 4.84. The maximum absolute atomic E-state index is 6.13. The van der Waals surface area contributed by atoms with E-state index in [1.54, 1.807) is 0 Å². The van der Waals surface area contributed by atoms with Crippen LogP contribution in [-0.4, -0.2) is 54.7 Å². The molecule has 1 unspecified atom stereocenters. The van der Waals surface area contributed by atoms with Gasteiger partial charge in [-0.05, 0) is 44.7 Å². The van der Waals surface area contributed by atoms with Gasteiger partial charge >= 0.3 is 0 Å². The maximum atomic E-state index is 6.13. The molecule has 0 amide bonds. The molecule has 4 rings (SSSR count). The molecule has 4 aliphatic heterocycles. The average Bonchev–Trinajstić information content (AvgIpc) is 2.41. The van der Waals surface area contributed by atoms with Crippen LogP contribution in [0.3, 0.4) is 0 Å². The topological polar surface area (TPSA) is 44.5 Å². The van der Waals surface area contributed by atoms with Crippen LogP contribution in [0.25, 0.3) is 0 Å². The Labute approximate surface area is 104 Å². The Hall–Kier alpha value is -0.160. The van der Waals surface area contributed by atoms with Crippen LogP contribution < -0.4 is 11.2 Å². The molecule has 0 aromatic rings. The summed E-state index contributed by atoms with van der Waals surface area (Å²) in [5.41, 5.74) is 10.1. The predicted molar refractivity (Wildman–Crippen MR) is 69.5 cm³/mol. The van der Waals surface area contributed by atoms with Crippen molar-refractivity contribution in [3.63, 3.8) is 0 Å². The molecule has 0 radical (unpaired) electrons. The van der Waals surface area contributed by atoms with Crippen molar-refractivity contribution in [1.29, 1.82) is 0 Å². The Morgan fingerprint density at radius 3 is 2.29 bits per heavy atom. The zero-order valence-corrected chi connectivity index (χ0v) is 10.8. The molecule has 4 fully saturated rings. The summed E-state index contributed by atoms with van der Waals surface area (Å²) in [7, 11) is 0. The van der Waals surface area contributed by atoms with E-state index in [4.69, 9.17) is 5.73 Å². The second-order valence-corrected chi connectivity index (χ2v) is 6.07. The monoisotopic (exact) mass is 238 g/mol. The number of nitrogens with two attached hydrogens (primary N) is 1.